The molecule has 1 spiro atoms. The molecule has 9 heteroatoms. The van der Waals surface area contributed by atoms with E-state index in [9.17, 15) is 18.4 Å². The highest BCUT2D eigenvalue weighted by molar-refractivity contribution is 6.30. The van der Waals surface area contributed by atoms with Gasteiger partial charge >= 0.3 is 0 Å². The first-order valence-corrected chi connectivity index (χ1v) is 12.1. The lowest BCUT2D eigenvalue weighted by atomic mass is 10.0. The van der Waals surface area contributed by atoms with Crippen LogP contribution in [0.25, 0.3) is 0 Å². The fraction of sp³-hybridized carbons (Fsp3) is 0.296. The predicted molar refractivity (Wildman–Crippen MR) is 130 cm³/mol. The molecule has 3 aromatic rings. The Labute approximate surface area is 212 Å². The number of ether oxygens (including phenoxy) is 1. The zero-order valence-electron chi connectivity index (χ0n) is 19.4. The Balaban J connectivity index is 1.18. The second kappa shape index (κ2) is 9.85. The lowest BCUT2D eigenvalue weighted by Gasteiger charge is -2.42. The van der Waals surface area contributed by atoms with Gasteiger partial charge in [0.1, 0.15) is 5.75 Å². The highest BCUT2D eigenvalue weighted by atomic mass is 35.5. The Morgan fingerprint density at radius 1 is 1.00 bits per heavy atom. The van der Waals surface area contributed by atoms with Crippen molar-refractivity contribution in [1.29, 1.82) is 0 Å². The molecule has 186 valence electrons. The van der Waals surface area contributed by atoms with Crippen LogP contribution >= 0.6 is 11.6 Å². The van der Waals surface area contributed by atoms with Gasteiger partial charge in [-0.15, -0.1) is 0 Å². The number of amides is 2. The van der Waals surface area contributed by atoms with E-state index in [0.29, 0.717) is 53.8 Å². The van der Waals surface area contributed by atoms with Crippen LogP contribution in [0, 0.1) is 11.6 Å². The Morgan fingerprint density at radius 3 is 2.44 bits per heavy atom. The van der Waals surface area contributed by atoms with E-state index in [1.54, 1.807) is 41.3 Å². The molecule has 0 N–H and O–H groups in total. The summed E-state index contributed by atoms with van der Waals surface area (Å²) < 4.78 is 32.3. The van der Waals surface area contributed by atoms with Gasteiger partial charge < -0.3 is 14.5 Å². The van der Waals surface area contributed by atoms with Crippen molar-refractivity contribution in [3.05, 3.63) is 88.6 Å². The summed E-state index contributed by atoms with van der Waals surface area (Å²) in [5.74, 6) is -0.973. The molecule has 0 radical (unpaired) electrons. The first kappa shape index (κ1) is 24.2. The van der Waals surface area contributed by atoms with Crippen LogP contribution in [0.1, 0.15) is 35.2 Å². The summed E-state index contributed by atoms with van der Waals surface area (Å²) in [6, 6.07) is 13.9. The Kier molecular flexibility index (Phi) is 6.62. The molecule has 2 heterocycles. The molecule has 36 heavy (non-hydrogen) atoms. The minimum absolute atomic E-state index is 0.0263. The number of piperazine rings is 1. The van der Waals surface area contributed by atoms with Crippen molar-refractivity contribution >= 4 is 23.4 Å². The molecule has 1 aromatic heterocycles. The second-order valence-electron chi connectivity index (χ2n) is 9.19. The van der Waals surface area contributed by atoms with E-state index in [-0.39, 0.29) is 23.8 Å². The van der Waals surface area contributed by atoms with Gasteiger partial charge in [0.25, 0.3) is 5.91 Å². The van der Waals surface area contributed by atoms with Crippen molar-refractivity contribution in [1.82, 2.24) is 14.8 Å². The zero-order chi connectivity index (χ0) is 25.3. The third kappa shape index (κ3) is 5.18. The van der Waals surface area contributed by atoms with Gasteiger partial charge in [-0.05, 0) is 67.3 Å². The molecule has 0 atom stereocenters. The summed E-state index contributed by atoms with van der Waals surface area (Å²) in [5, 5.41) is 0.516. The molecule has 5 rings (SSSR count). The zero-order valence-corrected chi connectivity index (χ0v) is 20.2. The molecular weight excluding hydrogens is 488 g/mol. The van der Waals surface area contributed by atoms with Gasteiger partial charge in [0, 0.05) is 43.9 Å². The quantitative estimate of drug-likeness (QED) is 0.453. The van der Waals surface area contributed by atoms with Gasteiger partial charge in [-0.1, -0.05) is 17.7 Å². The van der Waals surface area contributed by atoms with E-state index in [1.807, 2.05) is 4.90 Å². The number of nitrogens with zero attached hydrogens (tertiary/aromatic N) is 3. The number of carbonyl (C=O) groups is 2. The topological polar surface area (TPSA) is 62.7 Å². The number of halogens is 3. The molecule has 1 aliphatic carbocycles. The average molecular weight is 512 g/mol. The minimum atomic E-state index is -0.910. The van der Waals surface area contributed by atoms with Gasteiger partial charge in [0.15, 0.2) is 11.6 Å². The molecule has 6 nitrogen and oxygen atoms in total. The van der Waals surface area contributed by atoms with E-state index in [4.69, 9.17) is 16.3 Å². The maximum Gasteiger partial charge on any atom is 0.253 e. The van der Waals surface area contributed by atoms with Crippen LogP contribution in [0.15, 0.2) is 60.8 Å². The summed E-state index contributed by atoms with van der Waals surface area (Å²) >= 11 is 5.84. The van der Waals surface area contributed by atoms with E-state index >= 15 is 0 Å². The van der Waals surface area contributed by atoms with E-state index in [1.165, 1.54) is 12.3 Å². The maximum absolute atomic E-state index is 13.5. The van der Waals surface area contributed by atoms with Gasteiger partial charge in [-0.3, -0.25) is 9.59 Å². The molecule has 2 amide bonds. The van der Waals surface area contributed by atoms with Gasteiger partial charge in [0.05, 0.1) is 10.6 Å². The number of aryl methyl sites for hydroxylation is 1. The van der Waals surface area contributed by atoms with Crippen molar-refractivity contribution in [3.8, 4) is 11.6 Å². The highest BCUT2D eigenvalue weighted by Crippen LogP contribution is 2.45. The summed E-state index contributed by atoms with van der Waals surface area (Å²) in [6.45, 7) is 1.37. The molecule has 2 aliphatic rings. The smallest absolute Gasteiger partial charge is 0.253 e. The van der Waals surface area contributed by atoms with Crippen LogP contribution in [-0.2, 0) is 11.2 Å². The van der Waals surface area contributed by atoms with Crippen LogP contribution in [0.2, 0.25) is 5.02 Å². The van der Waals surface area contributed by atoms with E-state index in [0.717, 1.165) is 25.0 Å². The molecule has 1 saturated carbocycles. The third-order valence-electron chi connectivity index (χ3n) is 6.70. The summed E-state index contributed by atoms with van der Waals surface area (Å²) in [6.07, 6.45) is 3.73. The van der Waals surface area contributed by atoms with Gasteiger partial charge in [0.2, 0.25) is 11.8 Å². The van der Waals surface area contributed by atoms with E-state index in [2.05, 4.69) is 4.98 Å². The predicted octanol–water partition coefficient (Wildman–Crippen LogP) is 5.26. The molecule has 0 unspecified atom stereocenters. The van der Waals surface area contributed by atoms with Crippen molar-refractivity contribution in [2.24, 2.45) is 0 Å². The van der Waals surface area contributed by atoms with Crippen molar-refractivity contribution in [3.63, 3.8) is 0 Å². The van der Waals surface area contributed by atoms with Crippen molar-refractivity contribution < 1.29 is 23.1 Å². The second-order valence-corrected chi connectivity index (χ2v) is 9.62. The van der Waals surface area contributed by atoms with E-state index < -0.39 is 11.6 Å². The first-order chi connectivity index (χ1) is 17.3. The Hall–Kier alpha value is -3.52. The first-order valence-electron chi connectivity index (χ1n) is 11.8. The average Bonchev–Trinajstić information content (AvgIpc) is 3.65. The molecule has 0 bridgehead atoms. The molecule has 2 aromatic carbocycles. The van der Waals surface area contributed by atoms with Gasteiger partial charge in [-0.2, -0.15) is 0 Å². The normalized spacial score (nSPS) is 16.2. The molecule has 1 aliphatic heterocycles. The number of hydrogen-bond acceptors (Lipinski definition) is 4. The standard InChI is InChI=1S/C27H24ClF2N3O3/c28-20-5-9-24(31-16-20)36-21-6-3-19(4-7-21)26(35)32-13-14-33(27(17-32)11-12-27)25(34)10-2-18-1-8-22(29)23(30)15-18/h1,3-9,15-16H,2,10-14,17H2. The third-order valence-corrected chi connectivity index (χ3v) is 6.93. The fourth-order valence-corrected chi connectivity index (χ4v) is 4.70. The maximum atomic E-state index is 13.5. The van der Waals surface area contributed by atoms with Crippen LogP contribution in [0.4, 0.5) is 8.78 Å². The number of aromatic nitrogens is 1. The number of pyridine rings is 1. The summed E-state index contributed by atoms with van der Waals surface area (Å²) in [7, 11) is 0. The SMILES string of the molecule is O=C(c1ccc(Oc2ccc(Cl)cn2)cc1)N1CCN(C(=O)CCc2ccc(F)c(F)c2)C2(CC2)C1. The minimum Gasteiger partial charge on any atom is -0.439 e. The Morgan fingerprint density at radius 2 is 1.78 bits per heavy atom. The Bertz CT molecular complexity index is 1280. The molecule has 2 fully saturated rings. The fourth-order valence-electron chi connectivity index (χ4n) is 4.59. The van der Waals surface area contributed by atoms with Crippen LogP contribution in [-0.4, -0.2) is 51.8 Å². The molecule has 1 saturated heterocycles. The lowest BCUT2D eigenvalue weighted by molar-refractivity contribution is -0.136. The van der Waals surface area contributed by atoms with Crippen LogP contribution in [0.3, 0.4) is 0 Å². The van der Waals surface area contributed by atoms with Crippen LogP contribution < -0.4 is 4.74 Å². The number of hydrogen-bond donors (Lipinski definition) is 0. The molecular formula is C27H24ClF2N3O3. The summed E-state index contributed by atoms with van der Waals surface area (Å²) in [4.78, 5) is 33.9. The number of carbonyl (C=O) groups excluding carboxylic acids is 2. The largest absolute Gasteiger partial charge is 0.439 e. The van der Waals surface area contributed by atoms with Crippen LogP contribution in [0.5, 0.6) is 11.6 Å². The monoisotopic (exact) mass is 511 g/mol. The van der Waals surface area contributed by atoms with Gasteiger partial charge in [-0.25, -0.2) is 13.8 Å². The highest BCUT2D eigenvalue weighted by Gasteiger charge is 2.53. The van der Waals surface area contributed by atoms with Crippen molar-refractivity contribution in [2.45, 2.75) is 31.2 Å². The number of rotatable bonds is 6. The lowest BCUT2D eigenvalue weighted by Crippen LogP contribution is -2.58. The van der Waals surface area contributed by atoms with Crippen molar-refractivity contribution in [2.75, 3.05) is 19.6 Å². The number of benzene rings is 2. The summed E-state index contributed by atoms with van der Waals surface area (Å²) in [5.41, 5.74) is 0.794.